The van der Waals surface area contributed by atoms with Crippen LogP contribution < -0.4 is 9.47 Å². The molecule has 118 valence electrons. The van der Waals surface area contributed by atoms with E-state index in [-0.39, 0.29) is 12.2 Å². The van der Waals surface area contributed by atoms with Crippen LogP contribution in [0, 0.1) is 0 Å². The molecule has 0 aliphatic heterocycles. The smallest absolute Gasteiger partial charge is 0.119 e. The molecule has 4 heteroatoms. The topological polar surface area (TPSA) is 40.0 Å². The molecule has 0 saturated carbocycles. The lowest BCUT2D eigenvalue weighted by Crippen LogP contribution is -2.16. The third kappa shape index (κ3) is 7.02. The zero-order chi connectivity index (χ0) is 15.7. The molecule has 2 unspecified atom stereocenters. The summed E-state index contributed by atoms with van der Waals surface area (Å²) in [7, 11) is 0. The fraction of sp³-hybridized carbons (Fsp3) is 0.588. The fourth-order valence-corrected chi connectivity index (χ4v) is 1.81. The minimum atomic E-state index is 0.0514. The van der Waals surface area contributed by atoms with Gasteiger partial charge in [-0.3, -0.25) is 0 Å². The summed E-state index contributed by atoms with van der Waals surface area (Å²) < 4.78 is 11.6. The van der Waals surface area contributed by atoms with Crippen molar-refractivity contribution in [2.45, 2.75) is 59.7 Å². The zero-order valence-corrected chi connectivity index (χ0v) is 13.8. The predicted molar refractivity (Wildman–Crippen MR) is 86.3 cm³/mol. The van der Waals surface area contributed by atoms with Crippen LogP contribution in [-0.2, 0) is 4.84 Å². The summed E-state index contributed by atoms with van der Waals surface area (Å²) in [5.74, 6) is 1.71. The Morgan fingerprint density at radius 2 is 1.52 bits per heavy atom. The van der Waals surface area contributed by atoms with Crippen molar-refractivity contribution in [2.75, 3.05) is 6.61 Å². The van der Waals surface area contributed by atoms with E-state index in [1.54, 1.807) is 0 Å². The van der Waals surface area contributed by atoms with Crippen molar-refractivity contribution in [3.05, 3.63) is 24.3 Å². The van der Waals surface area contributed by atoms with Crippen LogP contribution in [0.2, 0.25) is 0 Å². The molecule has 1 aromatic carbocycles. The first-order valence-corrected chi connectivity index (χ1v) is 7.63. The predicted octanol–water partition coefficient (Wildman–Crippen LogP) is 4.43. The molecule has 0 fully saturated rings. The molecule has 0 amide bonds. The van der Waals surface area contributed by atoms with E-state index in [2.05, 4.69) is 19.0 Å². The third-order valence-electron chi connectivity index (χ3n) is 3.01. The van der Waals surface area contributed by atoms with E-state index in [0.29, 0.717) is 6.61 Å². The number of nitrogens with zero attached hydrogens (tertiary/aromatic N) is 1. The van der Waals surface area contributed by atoms with Crippen LogP contribution in [0.4, 0.5) is 0 Å². The number of rotatable bonds is 9. The van der Waals surface area contributed by atoms with Gasteiger partial charge in [0.05, 0.1) is 11.8 Å². The van der Waals surface area contributed by atoms with Gasteiger partial charge in [0.25, 0.3) is 0 Å². The van der Waals surface area contributed by atoms with Gasteiger partial charge in [0, 0.05) is 6.42 Å². The number of oxime groups is 1. The van der Waals surface area contributed by atoms with E-state index in [9.17, 15) is 0 Å². The molecule has 2 atom stereocenters. The Hall–Kier alpha value is -1.71. The van der Waals surface area contributed by atoms with Crippen LogP contribution in [0.25, 0.3) is 0 Å². The molecule has 0 radical (unpaired) electrons. The van der Waals surface area contributed by atoms with Crippen LogP contribution in [0.5, 0.6) is 11.5 Å². The first-order valence-electron chi connectivity index (χ1n) is 7.63. The summed E-state index contributed by atoms with van der Waals surface area (Å²) in [5.41, 5.74) is 0.932. The molecule has 0 aliphatic carbocycles. The van der Waals surface area contributed by atoms with Crippen molar-refractivity contribution in [3.63, 3.8) is 0 Å². The Morgan fingerprint density at radius 3 is 2.00 bits per heavy atom. The quantitative estimate of drug-likeness (QED) is 0.499. The highest BCUT2D eigenvalue weighted by atomic mass is 16.6. The SMILES string of the molecule is CCON=C(C)CC(C)Oc1ccc(OC(C)CC)cc1. The highest BCUT2D eigenvalue weighted by Gasteiger charge is 2.07. The maximum absolute atomic E-state index is 5.86. The molecule has 0 bridgehead atoms. The van der Waals surface area contributed by atoms with Gasteiger partial charge >= 0.3 is 0 Å². The van der Waals surface area contributed by atoms with E-state index < -0.39 is 0 Å². The molecular weight excluding hydrogens is 266 g/mol. The molecule has 0 heterocycles. The Labute approximate surface area is 128 Å². The lowest BCUT2D eigenvalue weighted by atomic mass is 10.2. The normalized spacial score (nSPS) is 14.4. The highest BCUT2D eigenvalue weighted by molar-refractivity contribution is 5.81. The second-order valence-corrected chi connectivity index (χ2v) is 5.19. The van der Waals surface area contributed by atoms with Gasteiger partial charge in [-0.15, -0.1) is 0 Å². The summed E-state index contributed by atoms with van der Waals surface area (Å²) in [6.07, 6.45) is 2.02. The van der Waals surface area contributed by atoms with Gasteiger partial charge < -0.3 is 14.3 Å². The van der Waals surface area contributed by atoms with Gasteiger partial charge in [0.15, 0.2) is 0 Å². The Kier molecular flexibility index (Phi) is 7.65. The van der Waals surface area contributed by atoms with Gasteiger partial charge in [-0.05, 0) is 58.4 Å². The van der Waals surface area contributed by atoms with Crippen molar-refractivity contribution in [2.24, 2.45) is 5.16 Å². The molecule has 0 aliphatic rings. The van der Waals surface area contributed by atoms with Gasteiger partial charge in [0.1, 0.15) is 24.2 Å². The first-order chi connectivity index (χ1) is 10.0. The molecule has 0 saturated heterocycles. The van der Waals surface area contributed by atoms with Crippen LogP contribution >= 0.6 is 0 Å². The van der Waals surface area contributed by atoms with Crippen molar-refractivity contribution in [1.29, 1.82) is 0 Å². The van der Waals surface area contributed by atoms with Gasteiger partial charge in [0.2, 0.25) is 0 Å². The largest absolute Gasteiger partial charge is 0.491 e. The maximum Gasteiger partial charge on any atom is 0.119 e. The Balaban J connectivity index is 2.47. The summed E-state index contributed by atoms with van der Waals surface area (Å²) in [4.78, 5) is 5.03. The van der Waals surface area contributed by atoms with Crippen LogP contribution in [0.3, 0.4) is 0 Å². The average Bonchev–Trinajstić information content (AvgIpc) is 2.46. The number of hydrogen-bond acceptors (Lipinski definition) is 4. The molecule has 1 rings (SSSR count). The van der Waals surface area contributed by atoms with Crippen LogP contribution in [0.15, 0.2) is 29.4 Å². The summed E-state index contributed by atoms with van der Waals surface area (Å²) in [5, 5.41) is 4.00. The monoisotopic (exact) mass is 293 g/mol. The van der Waals surface area contributed by atoms with Crippen molar-refractivity contribution < 1.29 is 14.3 Å². The minimum absolute atomic E-state index is 0.0514. The van der Waals surface area contributed by atoms with E-state index in [1.807, 2.05) is 45.0 Å². The molecule has 4 nitrogen and oxygen atoms in total. The molecule has 0 N–H and O–H groups in total. The summed E-state index contributed by atoms with van der Waals surface area (Å²) in [6, 6.07) is 7.75. The van der Waals surface area contributed by atoms with Crippen molar-refractivity contribution in [1.82, 2.24) is 0 Å². The third-order valence-corrected chi connectivity index (χ3v) is 3.01. The minimum Gasteiger partial charge on any atom is -0.491 e. The number of hydrogen-bond donors (Lipinski definition) is 0. The lowest BCUT2D eigenvalue weighted by Gasteiger charge is -2.16. The summed E-state index contributed by atoms with van der Waals surface area (Å²) in [6.45, 7) is 10.6. The first kappa shape index (κ1) is 17.3. The van der Waals surface area contributed by atoms with E-state index in [4.69, 9.17) is 14.3 Å². The Morgan fingerprint density at radius 1 is 1.00 bits per heavy atom. The number of ether oxygens (including phenoxy) is 2. The van der Waals surface area contributed by atoms with Crippen LogP contribution in [-0.4, -0.2) is 24.5 Å². The lowest BCUT2D eigenvalue weighted by molar-refractivity contribution is 0.155. The molecule has 21 heavy (non-hydrogen) atoms. The van der Waals surface area contributed by atoms with Gasteiger partial charge in [-0.25, -0.2) is 0 Å². The summed E-state index contributed by atoms with van der Waals surface area (Å²) >= 11 is 0. The standard InChI is InChI=1S/C17H27NO3/c1-6-14(4)20-16-8-10-17(11-9-16)21-15(5)12-13(3)18-19-7-2/h8-11,14-15H,6-7,12H2,1-5H3. The molecule has 0 spiro atoms. The van der Waals surface area contributed by atoms with E-state index in [1.165, 1.54) is 0 Å². The average molecular weight is 293 g/mol. The van der Waals surface area contributed by atoms with Gasteiger partial charge in [-0.1, -0.05) is 12.1 Å². The van der Waals surface area contributed by atoms with Crippen molar-refractivity contribution >= 4 is 5.71 Å². The maximum atomic E-state index is 5.86. The van der Waals surface area contributed by atoms with E-state index in [0.717, 1.165) is 30.1 Å². The zero-order valence-electron chi connectivity index (χ0n) is 13.8. The van der Waals surface area contributed by atoms with Crippen molar-refractivity contribution in [3.8, 4) is 11.5 Å². The second kappa shape index (κ2) is 9.27. The van der Waals surface area contributed by atoms with Gasteiger partial charge in [-0.2, -0.15) is 0 Å². The Bertz CT molecular complexity index is 428. The molecular formula is C17H27NO3. The fourth-order valence-electron chi connectivity index (χ4n) is 1.81. The van der Waals surface area contributed by atoms with E-state index >= 15 is 0 Å². The second-order valence-electron chi connectivity index (χ2n) is 5.19. The number of benzene rings is 1. The highest BCUT2D eigenvalue weighted by Crippen LogP contribution is 2.20. The molecule has 0 aromatic heterocycles. The molecule has 1 aromatic rings. The van der Waals surface area contributed by atoms with Crippen LogP contribution in [0.1, 0.15) is 47.5 Å².